The first-order valence-corrected chi connectivity index (χ1v) is 13.3. The zero-order valence-electron chi connectivity index (χ0n) is 20.1. The van der Waals surface area contributed by atoms with Gasteiger partial charge in [-0.1, -0.05) is 30.3 Å². The number of hydrogen-bond acceptors (Lipinski definition) is 7. The fourth-order valence-electron chi connectivity index (χ4n) is 5.02. The summed E-state index contributed by atoms with van der Waals surface area (Å²) in [7, 11) is -2.01. The third kappa shape index (κ3) is 5.39. The molecule has 3 atom stereocenters. The van der Waals surface area contributed by atoms with Gasteiger partial charge in [-0.15, -0.1) is 0 Å². The predicted octanol–water partition coefficient (Wildman–Crippen LogP) is 3.80. The quantitative estimate of drug-likeness (QED) is 0.637. The van der Waals surface area contributed by atoms with Crippen molar-refractivity contribution in [2.75, 3.05) is 7.05 Å². The van der Waals surface area contributed by atoms with E-state index < -0.39 is 10.2 Å². The fraction of sp³-hybridized carbons (Fsp3) is 0.542. The van der Waals surface area contributed by atoms with Gasteiger partial charge in [0.1, 0.15) is 5.76 Å². The van der Waals surface area contributed by atoms with Crippen LogP contribution in [0.5, 0.6) is 0 Å². The highest BCUT2D eigenvalue weighted by atomic mass is 32.2. The minimum absolute atomic E-state index is 0.0533. The molecule has 0 radical (unpaired) electrons. The normalized spacial score (nSPS) is 24.6. The van der Waals surface area contributed by atoms with E-state index in [1.165, 1.54) is 0 Å². The highest BCUT2D eigenvalue weighted by Crippen LogP contribution is 2.37. The number of nitrogens with one attached hydrogen (secondary N) is 1. The molecule has 184 valence electrons. The molecule has 1 aromatic carbocycles. The van der Waals surface area contributed by atoms with Crippen molar-refractivity contribution in [1.29, 1.82) is 0 Å². The van der Waals surface area contributed by atoms with Gasteiger partial charge in [0.25, 0.3) is 10.2 Å². The molecule has 0 fully saturated rings. The lowest BCUT2D eigenvalue weighted by atomic mass is 9.85. The number of rotatable bonds is 6. The Bertz CT molecular complexity index is 1200. The van der Waals surface area contributed by atoms with E-state index in [1.54, 1.807) is 7.05 Å². The molecule has 2 aromatic rings. The third-order valence-corrected chi connectivity index (χ3v) is 7.01. The number of ether oxygens (including phenoxy) is 1. The second kappa shape index (κ2) is 9.97. The molecule has 4 rings (SSSR count). The minimum atomic E-state index is -3.81. The maximum Gasteiger partial charge on any atom is 0.274 e. The van der Waals surface area contributed by atoms with Gasteiger partial charge in [-0.05, 0) is 63.2 Å². The Morgan fingerprint density at radius 3 is 2.82 bits per heavy atom. The van der Waals surface area contributed by atoms with E-state index in [2.05, 4.69) is 27.9 Å². The van der Waals surface area contributed by atoms with Gasteiger partial charge in [0, 0.05) is 30.5 Å². The van der Waals surface area contributed by atoms with Crippen LogP contribution in [0.1, 0.15) is 75.4 Å². The summed E-state index contributed by atoms with van der Waals surface area (Å²) >= 11 is 0. The molecule has 3 unspecified atom stereocenters. The van der Waals surface area contributed by atoms with Gasteiger partial charge in [0.2, 0.25) is 11.7 Å². The average molecular weight is 488 g/mol. The molecule has 0 spiro atoms. The molecule has 0 amide bonds. The number of benzene rings is 1. The van der Waals surface area contributed by atoms with Gasteiger partial charge in [-0.25, -0.2) is 5.14 Å². The number of fused-ring (bicyclic) bond motifs is 1. The topological polar surface area (TPSA) is 133 Å². The van der Waals surface area contributed by atoms with Crippen LogP contribution < -0.4 is 9.86 Å². The Labute approximate surface area is 201 Å². The smallest absolute Gasteiger partial charge is 0.274 e. The van der Waals surface area contributed by atoms with E-state index in [1.807, 2.05) is 32.0 Å². The number of aliphatic imine (C=N–C) groups is 1. The SMILES string of the molecule is CN=C1C(OC(C)C)=CCC(c2nc(-c3cccc4c3CCCC4NS(N)(=O)=O)no2)CC1C. The van der Waals surface area contributed by atoms with Crippen LogP contribution in [-0.4, -0.2) is 37.4 Å². The molecule has 2 aliphatic rings. The maximum atomic E-state index is 11.6. The van der Waals surface area contributed by atoms with E-state index in [0.29, 0.717) is 18.1 Å². The Hall–Kier alpha value is -2.56. The molecule has 1 aromatic heterocycles. The number of hydrogen-bond donors (Lipinski definition) is 2. The predicted molar refractivity (Wildman–Crippen MR) is 130 cm³/mol. The number of aromatic nitrogens is 2. The van der Waals surface area contributed by atoms with Crippen LogP contribution in [0.3, 0.4) is 0 Å². The van der Waals surface area contributed by atoms with Crippen molar-refractivity contribution in [2.45, 2.75) is 70.9 Å². The van der Waals surface area contributed by atoms with Crippen LogP contribution in [0.4, 0.5) is 0 Å². The van der Waals surface area contributed by atoms with Crippen LogP contribution in [0, 0.1) is 5.92 Å². The van der Waals surface area contributed by atoms with Crippen molar-refractivity contribution >= 4 is 15.9 Å². The van der Waals surface area contributed by atoms with Crippen LogP contribution in [0.15, 0.2) is 39.5 Å². The van der Waals surface area contributed by atoms with E-state index >= 15 is 0 Å². The minimum Gasteiger partial charge on any atom is -0.489 e. The summed E-state index contributed by atoms with van der Waals surface area (Å²) in [6.07, 6.45) is 6.03. The van der Waals surface area contributed by atoms with Crippen LogP contribution in [0.25, 0.3) is 11.4 Å². The van der Waals surface area contributed by atoms with Crippen molar-refractivity contribution in [3.8, 4) is 11.4 Å². The molecule has 1 heterocycles. The number of allylic oxidation sites excluding steroid dienone is 2. The molecule has 2 aliphatic carbocycles. The lowest BCUT2D eigenvalue weighted by molar-refractivity contribution is 0.161. The third-order valence-electron chi connectivity index (χ3n) is 6.39. The molecule has 0 bridgehead atoms. The Kier molecular flexibility index (Phi) is 7.20. The van der Waals surface area contributed by atoms with Gasteiger partial charge in [0.05, 0.1) is 11.8 Å². The van der Waals surface area contributed by atoms with Gasteiger partial charge in [0.15, 0.2) is 0 Å². The first-order chi connectivity index (χ1) is 16.2. The van der Waals surface area contributed by atoms with Crippen LogP contribution in [-0.2, 0) is 21.4 Å². The van der Waals surface area contributed by atoms with Gasteiger partial charge in [-0.3, -0.25) is 4.99 Å². The summed E-state index contributed by atoms with van der Waals surface area (Å²) < 4.78 is 37.6. The summed E-state index contributed by atoms with van der Waals surface area (Å²) in [5, 5.41) is 9.54. The molecular formula is C24H33N5O4S. The molecule has 10 heteroatoms. The highest BCUT2D eigenvalue weighted by Gasteiger charge is 2.30. The second-order valence-electron chi connectivity index (χ2n) is 9.35. The zero-order valence-corrected chi connectivity index (χ0v) is 20.9. The summed E-state index contributed by atoms with van der Waals surface area (Å²) in [5.74, 6) is 2.18. The van der Waals surface area contributed by atoms with Gasteiger partial charge in [-0.2, -0.15) is 18.1 Å². The lowest BCUT2D eigenvalue weighted by Crippen LogP contribution is -2.35. The van der Waals surface area contributed by atoms with E-state index in [0.717, 1.165) is 53.8 Å². The van der Waals surface area contributed by atoms with E-state index in [-0.39, 0.29) is 24.0 Å². The Balaban J connectivity index is 1.62. The number of nitrogens with zero attached hydrogens (tertiary/aromatic N) is 3. The van der Waals surface area contributed by atoms with Gasteiger partial charge >= 0.3 is 0 Å². The molecule has 3 N–H and O–H groups in total. The van der Waals surface area contributed by atoms with E-state index in [9.17, 15) is 8.42 Å². The van der Waals surface area contributed by atoms with Crippen molar-refractivity contribution < 1.29 is 17.7 Å². The zero-order chi connectivity index (χ0) is 24.5. The van der Waals surface area contributed by atoms with Crippen molar-refractivity contribution in [3.05, 3.63) is 47.1 Å². The summed E-state index contributed by atoms with van der Waals surface area (Å²) in [6, 6.07) is 5.42. The molecule has 0 aliphatic heterocycles. The highest BCUT2D eigenvalue weighted by molar-refractivity contribution is 7.87. The molecular weight excluding hydrogens is 454 g/mol. The van der Waals surface area contributed by atoms with Crippen molar-refractivity contribution in [1.82, 2.24) is 14.9 Å². The molecule has 0 saturated heterocycles. The monoisotopic (exact) mass is 487 g/mol. The van der Waals surface area contributed by atoms with E-state index in [4.69, 9.17) is 19.4 Å². The lowest BCUT2D eigenvalue weighted by Gasteiger charge is -2.26. The standard InChI is InChI=1S/C24H33N5O4S/c1-14(2)32-21-12-11-16(13-15(3)22(21)26-4)24-27-23(28-33-24)19-9-5-8-18-17(19)7-6-10-20(18)29-34(25,30)31/h5,8-9,12,14-16,20,29H,6-7,10-11,13H2,1-4H3,(H2,25,30,31). The summed E-state index contributed by atoms with van der Waals surface area (Å²) in [4.78, 5) is 9.26. The average Bonchev–Trinajstić information content (AvgIpc) is 3.19. The first kappa shape index (κ1) is 24.6. The maximum absolute atomic E-state index is 11.6. The summed E-state index contributed by atoms with van der Waals surface area (Å²) in [6.45, 7) is 6.16. The Morgan fingerprint density at radius 1 is 1.32 bits per heavy atom. The number of nitrogens with two attached hydrogens (primary N) is 1. The molecule has 0 saturated carbocycles. The first-order valence-electron chi connectivity index (χ1n) is 11.8. The van der Waals surface area contributed by atoms with Crippen molar-refractivity contribution in [2.24, 2.45) is 16.0 Å². The molecule has 34 heavy (non-hydrogen) atoms. The fourth-order valence-corrected chi connectivity index (χ4v) is 5.66. The Morgan fingerprint density at radius 2 is 2.12 bits per heavy atom. The van der Waals surface area contributed by atoms with Crippen LogP contribution >= 0.6 is 0 Å². The second-order valence-corrected chi connectivity index (χ2v) is 10.7. The van der Waals surface area contributed by atoms with Crippen molar-refractivity contribution in [3.63, 3.8) is 0 Å². The largest absolute Gasteiger partial charge is 0.489 e. The molecule has 9 nitrogen and oxygen atoms in total. The van der Waals surface area contributed by atoms with Gasteiger partial charge < -0.3 is 9.26 Å². The van der Waals surface area contributed by atoms with Crippen LogP contribution in [0.2, 0.25) is 0 Å². The summed E-state index contributed by atoms with van der Waals surface area (Å²) in [5.41, 5.74) is 3.77.